The van der Waals surface area contributed by atoms with Gasteiger partial charge >= 0.3 is 5.97 Å². The van der Waals surface area contributed by atoms with Gasteiger partial charge in [0.05, 0.1) is 6.61 Å². The zero-order chi connectivity index (χ0) is 13.7. The smallest absolute Gasteiger partial charge is 0.360 e. The van der Waals surface area contributed by atoms with E-state index in [4.69, 9.17) is 14.9 Å². The van der Waals surface area contributed by atoms with Gasteiger partial charge in [0.25, 0.3) is 6.01 Å². The van der Waals surface area contributed by atoms with E-state index >= 15 is 0 Å². The lowest BCUT2D eigenvalue weighted by molar-refractivity contribution is -0.119. The highest BCUT2D eigenvalue weighted by Crippen LogP contribution is 2.13. The molecule has 100 valence electrons. The van der Waals surface area contributed by atoms with E-state index in [9.17, 15) is 9.59 Å². The monoisotopic (exact) mass is 255 g/mol. The Bertz CT molecular complexity index is 428. The second kappa shape index (κ2) is 6.04. The molecule has 18 heavy (non-hydrogen) atoms. The number of primary amides is 1. The van der Waals surface area contributed by atoms with Gasteiger partial charge in [0, 0.05) is 0 Å². The predicted molar refractivity (Wildman–Crippen MR) is 63.9 cm³/mol. The van der Waals surface area contributed by atoms with Gasteiger partial charge in [0.15, 0.2) is 5.69 Å². The molecule has 0 saturated heterocycles. The molecule has 0 aliphatic carbocycles. The third-order valence-electron chi connectivity index (χ3n) is 2.24. The average Bonchev–Trinajstić information content (AvgIpc) is 2.73. The van der Waals surface area contributed by atoms with Crippen LogP contribution in [0.1, 0.15) is 31.3 Å². The largest absolute Gasteiger partial charge is 0.461 e. The Labute approximate surface area is 105 Å². The number of carbonyl (C=O) groups excluding carboxylic acids is 2. The molecular weight excluding hydrogens is 238 g/mol. The van der Waals surface area contributed by atoms with Gasteiger partial charge < -0.3 is 20.2 Å². The first-order valence-electron chi connectivity index (χ1n) is 5.64. The Kier molecular flexibility index (Phi) is 4.70. The number of nitrogens with zero attached hydrogens (tertiary/aromatic N) is 1. The molecule has 7 heteroatoms. The quantitative estimate of drug-likeness (QED) is 0.727. The van der Waals surface area contributed by atoms with Crippen LogP contribution in [0.2, 0.25) is 0 Å². The predicted octanol–water partition coefficient (Wildman–Crippen LogP) is 0.773. The van der Waals surface area contributed by atoms with Gasteiger partial charge in [-0.1, -0.05) is 13.8 Å². The van der Waals surface area contributed by atoms with Crippen molar-refractivity contribution in [3.05, 3.63) is 12.0 Å². The summed E-state index contributed by atoms with van der Waals surface area (Å²) in [4.78, 5) is 26.4. The van der Waals surface area contributed by atoms with Crippen molar-refractivity contribution >= 4 is 17.9 Å². The van der Waals surface area contributed by atoms with Gasteiger partial charge in [-0.25, -0.2) is 4.79 Å². The fourth-order valence-corrected chi connectivity index (χ4v) is 1.34. The Morgan fingerprint density at radius 2 is 2.22 bits per heavy atom. The molecule has 0 aromatic carbocycles. The molecule has 0 aliphatic heterocycles. The second-order valence-electron chi connectivity index (χ2n) is 4.03. The summed E-state index contributed by atoms with van der Waals surface area (Å²) < 4.78 is 9.79. The van der Waals surface area contributed by atoms with E-state index in [1.165, 1.54) is 6.26 Å². The maximum Gasteiger partial charge on any atom is 0.360 e. The van der Waals surface area contributed by atoms with Crippen LogP contribution < -0.4 is 11.1 Å². The number of amides is 1. The molecule has 0 bridgehead atoms. The highest BCUT2D eigenvalue weighted by atomic mass is 16.5. The van der Waals surface area contributed by atoms with Crippen LogP contribution in [-0.2, 0) is 9.53 Å². The second-order valence-corrected chi connectivity index (χ2v) is 4.03. The lowest BCUT2D eigenvalue weighted by atomic mass is 10.0. The molecule has 0 fully saturated rings. The van der Waals surface area contributed by atoms with Crippen molar-refractivity contribution in [2.24, 2.45) is 11.7 Å². The van der Waals surface area contributed by atoms with Gasteiger partial charge in [0.2, 0.25) is 5.91 Å². The van der Waals surface area contributed by atoms with E-state index in [1.54, 1.807) is 6.92 Å². The number of anilines is 1. The summed E-state index contributed by atoms with van der Waals surface area (Å²) in [7, 11) is 0. The molecule has 1 heterocycles. The first-order chi connectivity index (χ1) is 8.45. The number of carbonyl (C=O) groups is 2. The van der Waals surface area contributed by atoms with E-state index in [0.29, 0.717) is 0 Å². The first-order valence-corrected chi connectivity index (χ1v) is 5.64. The van der Waals surface area contributed by atoms with Crippen LogP contribution in [0.3, 0.4) is 0 Å². The van der Waals surface area contributed by atoms with Crippen LogP contribution in [0.15, 0.2) is 10.7 Å². The zero-order valence-corrected chi connectivity index (χ0v) is 10.6. The van der Waals surface area contributed by atoms with Crippen LogP contribution in [0, 0.1) is 5.92 Å². The maximum absolute atomic E-state index is 11.3. The van der Waals surface area contributed by atoms with E-state index in [1.807, 2.05) is 13.8 Å². The van der Waals surface area contributed by atoms with Gasteiger partial charge in [-0.3, -0.25) is 4.79 Å². The molecule has 0 saturated carbocycles. The summed E-state index contributed by atoms with van der Waals surface area (Å²) in [5, 5.41) is 2.74. The third-order valence-corrected chi connectivity index (χ3v) is 2.24. The van der Waals surface area contributed by atoms with Gasteiger partial charge in [0.1, 0.15) is 12.3 Å². The van der Waals surface area contributed by atoms with E-state index in [2.05, 4.69) is 10.3 Å². The maximum atomic E-state index is 11.3. The van der Waals surface area contributed by atoms with Crippen LogP contribution in [0.25, 0.3) is 0 Å². The minimum atomic E-state index is -0.612. The molecule has 1 aromatic rings. The summed E-state index contributed by atoms with van der Waals surface area (Å²) in [6.07, 6.45) is 1.17. The normalized spacial score (nSPS) is 12.2. The Balaban J connectivity index is 2.74. The Morgan fingerprint density at radius 3 is 2.72 bits per heavy atom. The fourth-order valence-electron chi connectivity index (χ4n) is 1.34. The topological polar surface area (TPSA) is 107 Å². The molecule has 1 aromatic heterocycles. The Morgan fingerprint density at radius 1 is 1.56 bits per heavy atom. The number of hydrogen-bond acceptors (Lipinski definition) is 6. The Hall–Kier alpha value is -2.05. The van der Waals surface area contributed by atoms with E-state index < -0.39 is 17.9 Å². The van der Waals surface area contributed by atoms with Crippen molar-refractivity contribution in [1.82, 2.24) is 4.98 Å². The molecule has 7 nitrogen and oxygen atoms in total. The fraction of sp³-hybridized carbons (Fsp3) is 0.545. The number of oxazole rings is 1. The van der Waals surface area contributed by atoms with Crippen molar-refractivity contribution in [3.8, 4) is 0 Å². The molecule has 0 radical (unpaired) electrons. The number of rotatable bonds is 6. The molecule has 1 rings (SSSR count). The molecule has 1 unspecified atom stereocenters. The highest BCUT2D eigenvalue weighted by Gasteiger charge is 2.22. The molecule has 0 aliphatic rings. The lowest BCUT2D eigenvalue weighted by Gasteiger charge is -2.17. The standard InChI is InChI=1S/C11H17N3O4/c1-4-17-10(16)7-5-18-11(13-7)14-8(6(2)3)9(12)15/h5-6,8H,4H2,1-3H3,(H2,12,15)(H,13,14). The summed E-state index contributed by atoms with van der Waals surface area (Å²) in [5.41, 5.74) is 5.28. The van der Waals surface area contributed by atoms with Crippen molar-refractivity contribution in [1.29, 1.82) is 0 Å². The summed E-state index contributed by atoms with van der Waals surface area (Å²) >= 11 is 0. The average molecular weight is 255 g/mol. The summed E-state index contributed by atoms with van der Waals surface area (Å²) in [6.45, 7) is 5.61. The zero-order valence-electron chi connectivity index (χ0n) is 10.6. The van der Waals surface area contributed by atoms with Crippen molar-refractivity contribution in [2.45, 2.75) is 26.8 Å². The molecular formula is C11H17N3O4. The minimum Gasteiger partial charge on any atom is -0.461 e. The molecule has 1 amide bonds. The molecule has 1 atom stereocenters. The number of nitrogens with two attached hydrogens (primary N) is 1. The third kappa shape index (κ3) is 3.47. The van der Waals surface area contributed by atoms with Crippen LogP contribution in [-0.4, -0.2) is 29.5 Å². The van der Waals surface area contributed by atoms with E-state index in [0.717, 1.165) is 0 Å². The minimum absolute atomic E-state index is 0.0274. The number of ether oxygens (including phenoxy) is 1. The van der Waals surface area contributed by atoms with Crippen molar-refractivity contribution in [2.75, 3.05) is 11.9 Å². The van der Waals surface area contributed by atoms with E-state index in [-0.39, 0.29) is 24.2 Å². The lowest BCUT2D eigenvalue weighted by Crippen LogP contribution is -2.39. The summed E-state index contributed by atoms with van der Waals surface area (Å²) in [5.74, 6) is -1.12. The highest BCUT2D eigenvalue weighted by molar-refractivity contribution is 5.87. The summed E-state index contributed by atoms with van der Waals surface area (Å²) in [6, 6.07) is -0.547. The molecule has 3 N–H and O–H groups in total. The van der Waals surface area contributed by atoms with Gasteiger partial charge in [-0.05, 0) is 12.8 Å². The van der Waals surface area contributed by atoms with Crippen molar-refractivity contribution < 1.29 is 18.7 Å². The number of nitrogens with one attached hydrogen (secondary N) is 1. The first kappa shape index (κ1) is 14.0. The van der Waals surface area contributed by atoms with Crippen molar-refractivity contribution in [3.63, 3.8) is 0 Å². The van der Waals surface area contributed by atoms with Crippen LogP contribution in [0.5, 0.6) is 0 Å². The molecule has 0 spiro atoms. The van der Waals surface area contributed by atoms with Gasteiger partial charge in [-0.15, -0.1) is 0 Å². The van der Waals surface area contributed by atoms with Gasteiger partial charge in [-0.2, -0.15) is 4.98 Å². The SMILES string of the molecule is CCOC(=O)c1coc(NC(C(N)=O)C(C)C)n1. The number of aromatic nitrogens is 1. The van der Waals surface area contributed by atoms with Crippen LogP contribution >= 0.6 is 0 Å². The number of esters is 1. The van der Waals surface area contributed by atoms with Crippen LogP contribution in [0.4, 0.5) is 6.01 Å². The number of hydrogen-bond donors (Lipinski definition) is 2.